The molecule has 2 aliphatic heterocycles. The lowest BCUT2D eigenvalue weighted by atomic mass is 10.2. The van der Waals surface area contributed by atoms with Gasteiger partial charge in [0, 0.05) is 78.1 Å². The maximum Gasteiger partial charge on any atom is 0.330 e. The summed E-state index contributed by atoms with van der Waals surface area (Å²) in [6, 6.07) is 0. The van der Waals surface area contributed by atoms with E-state index in [4.69, 9.17) is 14.2 Å². The molecule has 2 rings (SSSR count). The van der Waals surface area contributed by atoms with Crippen molar-refractivity contribution >= 4 is 23.9 Å². The van der Waals surface area contributed by atoms with Crippen LogP contribution >= 0.6 is 0 Å². The predicted octanol–water partition coefficient (Wildman–Crippen LogP) is 1.65. The third-order valence-corrected chi connectivity index (χ3v) is 8.75. The minimum atomic E-state index is -0.359. The molecule has 0 aromatic carbocycles. The first kappa shape index (κ1) is 56.4. The third-order valence-electron chi connectivity index (χ3n) is 8.75. The lowest BCUT2D eigenvalue weighted by molar-refractivity contribution is -0.144. The van der Waals surface area contributed by atoms with Crippen molar-refractivity contribution in [2.24, 2.45) is 0 Å². The van der Waals surface area contributed by atoms with Crippen LogP contribution < -0.4 is 26.6 Å². The summed E-state index contributed by atoms with van der Waals surface area (Å²) in [6.07, 6.45) is 6.66. The van der Waals surface area contributed by atoms with Crippen LogP contribution in [0.1, 0.15) is 80.1 Å². The van der Waals surface area contributed by atoms with Gasteiger partial charge >= 0.3 is 23.9 Å². The SMILES string of the molecule is C.C1CNCCNCCCNCCNC1.C=CC(=O)OCC.CCOC(=O)CCN1CCCN(CCC(=O)OCC)CCN(CCC(=O)OCC)CCCNCC1. The number of rotatable bonds is 14. The molecule has 0 bridgehead atoms. The highest BCUT2D eigenvalue weighted by molar-refractivity contribution is 5.81. The molecule has 0 saturated carbocycles. The molecule has 5 N–H and O–H groups in total. The number of hydrogen-bond acceptors (Lipinski definition) is 16. The summed E-state index contributed by atoms with van der Waals surface area (Å²) in [5.74, 6) is -0.846. The Morgan fingerprint density at radius 1 is 0.456 bits per heavy atom. The second-order valence-electron chi connectivity index (χ2n) is 13.3. The number of carbonyl (C=O) groups excluding carboxylic acids is 4. The van der Waals surface area contributed by atoms with E-state index in [0.717, 1.165) is 124 Å². The maximum atomic E-state index is 11.9. The molecule has 16 heteroatoms. The van der Waals surface area contributed by atoms with E-state index in [1.165, 1.54) is 12.8 Å². The number of carbonyl (C=O) groups is 4. The van der Waals surface area contributed by atoms with Crippen LogP contribution in [0, 0.1) is 0 Å². The quantitative estimate of drug-likeness (QED) is 0.0972. The van der Waals surface area contributed by atoms with Crippen LogP contribution in [0.3, 0.4) is 0 Å². The lowest BCUT2D eigenvalue weighted by Crippen LogP contribution is -2.41. The highest BCUT2D eigenvalue weighted by atomic mass is 16.5. The summed E-state index contributed by atoms with van der Waals surface area (Å²) in [5, 5.41) is 17.2. The fraction of sp³-hybridized carbons (Fsp3) is 0.854. The lowest BCUT2D eigenvalue weighted by Gasteiger charge is -2.29. The van der Waals surface area contributed by atoms with Gasteiger partial charge in [0.2, 0.25) is 0 Å². The highest BCUT2D eigenvalue weighted by Gasteiger charge is 2.16. The molecule has 16 nitrogen and oxygen atoms in total. The van der Waals surface area contributed by atoms with Gasteiger partial charge in [-0.25, -0.2) is 4.79 Å². The zero-order chi connectivity index (χ0) is 41.3. The van der Waals surface area contributed by atoms with E-state index >= 15 is 0 Å². The van der Waals surface area contributed by atoms with Gasteiger partial charge in [-0.1, -0.05) is 14.0 Å². The van der Waals surface area contributed by atoms with Gasteiger partial charge in [0.25, 0.3) is 0 Å². The summed E-state index contributed by atoms with van der Waals surface area (Å²) in [6.45, 7) is 29.8. The van der Waals surface area contributed by atoms with Crippen molar-refractivity contribution in [1.82, 2.24) is 41.3 Å². The van der Waals surface area contributed by atoms with Gasteiger partial charge in [-0.15, -0.1) is 0 Å². The molecule has 2 aliphatic rings. The fourth-order valence-corrected chi connectivity index (χ4v) is 5.78. The van der Waals surface area contributed by atoms with E-state index in [-0.39, 0.29) is 31.3 Å². The second kappa shape index (κ2) is 42.9. The molecule has 57 heavy (non-hydrogen) atoms. The van der Waals surface area contributed by atoms with Crippen LogP contribution in [-0.2, 0) is 38.1 Å². The molecule has 2 heterocycles. The van der Waals surface area contributed by atoms with E-state index in [0.29, 0.717) is 65.3 Å². The van der Waals surface area contributed by atoms with Crippen LogP contribution in [0.5, 0.6) is 0 Å². The van der Waals surface area contributed by atoms with E-state index in [1.54, 1.807) is 6.92 Å². The Labute approximate surface area is 346 Å². The van der Waals surface area contributed by atoms with Gasteiger partial charge in [-0.05, 0) is 106 Å². The molecular weight excluding hydrogens is 732 g/mol. The molecule has 0 aromatic rings. The Kier molecular flexibility index (Phi) is 42.4. The van der Waals surface area contributed by atoms with Gasteiger partial charge in [-0.3, -0.25) is 14.4 Å². The van der Waals surface area contributed by atoms with Crippen molar-refractivity contribution in [2.75, 3.05) is 151 Å². The standard InChI is InChI=1S/C25H48N4O6.C10H24N4.C5H8O2.CH4/c1-4-33-23(30)9-17-27-15-8-16-29(19-11-25(32)35-6-3)22-21-28(14-7-12-26-13-20-27)18-10-24(31)34-5-2;1-3-11-7-9-13-5-2-6-14-10-8-12-4-1;1-3-5(6)7-4-2;/h26H,4-22H2,1-3H3;11-14H,1-10H2;3H,1,4H2,2H3;1H4. The zero-order valence-corrected chi connectivity index (χ0v) is 35.6. The maximum absolute atomic E-state index is 11.9. The normalized spacial score (nSPS) is 17.8. The highest BCUT2D eigenvalue weighted by Crippen LogP contribution is 2.04. The molecule has 2 saturated heterocycles. The Balaban J connectivity index is 0. The molecule has 336 valence electrons. The average molecular weight is 817 g/mol. The molecular formula is C41H84N8O8. The molecule has 0 aromatic heterocycles. The molecule has 0 unspecified atom stereocenters. The van der Waals surface area contributed by atoms with Gasteiger partial charge in [0.1, 0.15) is 0 Å². The van der Waals surface area contributed by atoms with E-state index < -0.39 is 0 Å². The number of nitrogens with one attached hydrogen (secondary N) is 5. The van der Waals surface area contributed by atoms with Crippen molar-refractivity contribution in [2.45, 2.75) is 80.1 Å². The van der Waals surface area contributed by atoms with Crippen LogP contribution in [0.15, 0.2) is 12.7 Å². The van der Waals surface area contributed by atoms with Gasteiger partial charge in [-0.2, -0.15) is 0 Å². The van der Waals surface area contributed by atoms with Gasteiger partial charge < -0.3 is 60.2 Å². The molecule has 0 atom stereocenters. The average Bonchev–Trinajstić information content (AvgIpc) is 3.18. The van der Waals surface area contributed by atoms with Gasteiger partial charge in [0.15, 0.2) is 0 Å². The largest absolute Gasteiger partial charge is 0.466 e. The summed E-state index contributed by atoms with van der Waals surface area (Å²) < 4.78 is 19.7. The minimum absolute atomic E-state index is 0. The van der Waals surface area contributed by atoms with Crippen molar-refractivity contribution in [3.8, 4) is 0 Å². The molecule has 0 radical (unpaired) electrons. The Hall–Kier alpha value is -2.70. The van der Waals surface area contributed by atoms with Crippen LogP contribution in [0.2, 0.25) is 0 Å². The van der Waals surface area contributed by atoms with Crippen LogP contribution in [0.4, 0.5) is 0 Å². The van der Waals surface area contributed by atoms with E-state index in [1.807, 2.05) is 20.8 Å². The van der Waals surface area contributed by atoms with Crippen molar-refractivity contribution in [3.63, 3.8) is 0 Å². The van der Waals surface area contributed by atoms with Crippen LogP contribution in [-0.4, -0.2) is 189 Å². The number of nitrogens with zero attached hydrogens (tertiary/aromatic N) is 3. The first-order valence-electron chi connectivity index (χ1n) is 21.3. The van der Waals surface area contributed by atoms with Crippen molar-refractivity contribution in [1.29, 1.82) is 0 Å². The monoisotopic (exact) mass is 817 g/mol. The second-order valence-corrected chi connectivity index (χ2v) is 13.3. The predicted molar refractivity (Wildman–Crippen MR) is 229 cm³/mol. The van der Waals surface area contributed by atoms with Crippen molar-refractivity contribution in [3.05, 3.63) is 12.7 Å². The molecule has 0 spiro atoms. The number of hydrogen-bond donors (Lipinski definition) is 5. The Morgan fingerprint density at radius 2 is 0.789 bits per heavy atom. The first-order valence-corrected chi connectivity index (χ1v) is 21.3. The van der Waals surface area contributed by atoms with Crippen LogP contribution in [0.25, 0.3) is 0 Å². The topological polar surface area (TPSA) is 175 Å². The Bertz CT molecular complexity index is 928. The number of esters is 4. The first-order chi connectivity index (χ1) is 27.3. The van der Waals surface area contributed by atoms with Gasteiger partial charge in [0.05, 0.1) is 45.7 Å². The minimum Gasteiger partial charge on any atom is -0.466 e. The molecule has 2 fully saturated rings. The molecule has 0 amide bonds. The summed E-state index contributed by atoms with van der Waals surface area (Å²) >= 11 is 0. The summed E-state index contributed by atoms with van der Waals surface area (Å²) in [4.78, 5) is 52.6. The Morgan fingerprint density at radius 3 is 1.14 bits per heavy atom. The molecule has 0 aliphatic carbocycles. The van der Waals surface area contributed by atoms with E-state index in [9.17, 15) is 19.2 Å². The fourth-order valence-electron chi connectivity index (χ4n) is 5.78. The summed E-state index contributed by atoms with van der Waals surface area (Å²) in [7, 11) is 0. The van der Waals surface area contributed by atoms with E-state index in [2.05, 4.69) is 52.6 Å². The summed E-state index contributed by atoms with van der Waals surface area (Å²) in [5.41, 5.74) is 0. The third kappa shape index (κ3) is 38.6. The zero-order valence-electron chi connectivity index (χ0n) is 35.6. The smallest absolute Gasteiger partial charge is 0.330 e. The number of ether oxygens (including phenoxy) is 4. The van der Waals surface area contributed by atoms with Crippen molar-refractivity contribution < 1.29 is 38.1 Å².